The van der Waals surface area contributed by atoms with E-state index < -0.39 is 69.0 Å². The summed E-state index contributed by atoms with van der Waals surface area (Å²) in [6.07, 6.45) is 2.24. The van der Waals surface area contributed by atoms with Crippen LogP contribution in [0.15, 0.2) is 23.8 Å². The average molecular weight is 597 g/mol. The maximum Gasteiger partial charge on any atom is 0.306 e. The number of fused-ring (bicyclic) bond motifs is 5. The number of thioether (sulfide) groups is 1. The summed E-state index contributed by atoms with van der Waals surface area (Å²) in [5, 5.41) is 11.2. The van der Waals surface area contributed by atoms with Gasteiger partial charge in [-0.15, -0.1) is 0 Å². The van der Waals surface area contributed by atoms with Crippen molar-refractivity contribution in [1.82, 2.24) is 0 Å². The van der Waals surface area contributed by atoms with E-state index in [1.165, 1.54) is 19.1 Å². The highest BCUT2D eigenvalue weighted by molar-refractivity contribution is 8.13. The van der Waals surface area contributed by atoms with E-state index in [1.54, 1.807) is 20.8 Å². The number of halogens is 2. The molecule has 0 bridgehead atoms. The summed E-state index contributed by atoms with van der Waals surface area (Å²) < 4.78 is 44.5. The third-order valence-electron chi connectivity index (χ3n) is 10.3. The molecule has 228 valence electrons. The van der Waals surface area contributed by atoms with Gasteiger partial charge in [0.1, 0.15) is 12.8 Å². The van der Waals surface area contributed by atoms with E-state index in [4.69, 9.17) is 9.47 Å². The van der Waals surface area contributed by atoms with Gasteiger partial charge in [-0.2, -0.15) is 0 Å². The van der Waals surface area contributed by atoms with E-state index in [0.29, 0.717) is 19.3 Å². The molecule has 0 aliphatic heterocycles. The standard InChI is InChI=1S/C31H42F2O7S/c1-6-8-9-26(37)39-12-13-41-27(38)31(40-25(36)7-2)18(3)14-20-21-16-23(32)22-15-19(34)10-11-28(22,4)30(21,33)24(35)17-29(20,31)5/h10-11,15,18,20-21,23-24,35H,6-9,12-14,16-17H2,1-5H3/t18-,20?,21?,23+,24+,28+,29+,30+,31+/m1/s1. The molecule has 0 spiro atoms. The van der Waals surface area contributed by atoms with Crippen LogP contribution in [-0.2, 0) is 28.7 Å². The molecule has 3 fully saturated rings. The van der Waals surface area contributed by atoms with Gasteiger partial charge in [0.05, 0.1) is 6.10 Å². The molecular formula is C31H42F2O7S. The number of ketones is 1. The molecule has 3 saturated carbocycles. The molecular weight excluding hydrogens is 554 g/mol. The van der Waals surface area contributed by atoms with Crippen LogP contribution < -0.4 is 0 Å². The monoisotopic (exact) mass is 596 g/mol. The number of carbonyl (C=O) groups excluding carboxylic acids is 4. The maximum absolute atomic E-state index is 17.5. The number of aliphatic hydroxyl groups is 1. The first-order chi connectivity index (χ1) is 19.2. The van der Waals surface area contributed by atoms with Crippen molar-refractivity contribution in [3.8, 4) is 0 Å². The first kappa shape index (κ1) is 31.9. The molecule has 4 aliphatic rings. The maximum atomic E-state index is 17.5. The zero-order valence-corrected chi connectivity index (χ0v) is 25.4. The number of hydrogen-bond acceptors (Lipinski definition) is 8. The van der Waals surface area contributed by atoms with Gasteiger partial charge in [-0.05, 0) is 56.3 Å². The predicted molar refractivity (Wildman–Crippen MR) is 150 cm³/mol. The van der Waals surface area contributed by atoms with Crippen molar-refractivity contribution in [3.05, 3.63) is 23.8 Å². The summed E-state index contributed by atoms with van der Waals surface area (Å²) in [7, 11) is 0. The lowest BCUT2D eigenvalue weighted by Gasteiger charge is -2.63. The third-order valence-corrected chi connectivity index (χ3v) is 11.3. The first-order valence-electron chi connectivity index (χ1n) is 14.7. The van der Waals surface area contributed by atoms with Crippen molar-refractivity contribution < 1.29 is 42.5 Å². The molecule has 10 heteroatoms. The average Bonchev–Trinajstić information content (AvgIpc) is 3.14. The fraction of sp³-hybridized carbons (Fsp3) is 0.742. The summed E-state index contributed by atoms with van der Waals surface area (Å²) >= 11 is 0.896. The topological polar surface area (TPSA) is 107 Å². The second kappa shape index (κ2) is 11.5. The Morgan fingerprint density at radius 2 is 1.85 bits per heavy atom. The van der Waals surface area contributed by atoms with Crippen molar-refractivity contribution in [1.29, 1.82) is 0 Å². The molecule has 0 aromatic rings. The van der Waals surface area contributed by atoms with E-state index in [1.807, 2.05) is 6.92 Å². The van der Waals surface area contributed by atoms with Gasteiger partial charge < -0.3 is 14.6 Å². The van der Waals surface area contributed by atoms with E-state index >= 15 is 8.78 Å². The summed E-state index contributed by atoms with van der Waals surface area (Å²) in [6.45, 7) is 8.64. The van der Waals surface area contributed by atoms with E-state index in [-0.39, 0.29) is 43.2 Å². The minimum absolute atomic E-state index is 0.00613. The van der Waals surface area contributed by atoms with E-state index in [2.05, 4.69) is 0 Å². The Labute approximate surface area is 244 Å². The fourth-order valence-corrected chi connectivity index (χ4v) is 9.30. The summed E-state index contributed by atoms with van der Waals surface area (Å²) in [5.74, 6) is -3.34. The number of allylic oxidation sites excluding steroid dienone is 4. The number of aliphatic hydroxyl groups excluding tert-OH is 1. The van der Waals surface area contributed by atoms with Gasteiger partial charge in [-0.1, -0.05) is 52.0 Å². The number of ether oxygens (including phenoxy) is 2. The zero-order valence-electron chi connectivity index (χ0n) is 24.5. The van der Waals surface area contributed by atoms with Gasteiger partial charge in [0.2, 0.25) is 5.12 Å². The summed E-state index contributed by atoms with van der Waals surface area (Å²) in [6, 6.07) is 0. The quantitative estimate of drug-likeness (QED) is 0.285. The molecule has 0 saturated heterocycles. The van der Waals surface area contributed by atoms with Gasteiger partial charge in [-0.3, -0.25) is 19.2 Å². The van der Waals surface area contributed by atoms with Crippen molar-refractivity contribution in [2.45, 2.75) is 103 Å². The van der Waals surface area contributed by atoms with Crippen molar-refractivity contribution in [2.24, 2.45) is 28.6 Å². The number of carbonyl (C=O) groups is 4. The summed E-state index contributed by atoms with van der Waals surface area (Å²) in [4.78, 5) is 50.9. The zero-order chi connectivity index (χ0) is 30.4. The van der Waals surface area contributed by atoms with Crippen molar-refractivity contribution >= 4 is 34.6 Å². The second-order valence-corrected chi connectivity index (χ2v) is 13.6. The Bertz CT molecular complexity index is 1160. The molecule has 4 rings (SSSR count). The van der Waals surface area contributed by atoms with Crippen LogP contribution in [0.25, 0.3) is 0 Å². The lowest BCUT2D eigenvalue weighted by Crippen LogP contribution is -2.70. The van der Waals surface area contributed by atoms with Crippen LogP contribution >= 0.6 is 11.8 Å². The van der Waals surface area contributed by atoms with Crippen LogP contribution in [0.1, 0.15) is 79.6 Å². The molecule has 7 nitrogen and oxygen atoms in total. The Kier molecular flexibility index (Phi) is 8.97. The minimum Gasteiger partial charge on any atom is -0.465 e. The molecule has 1 N–H and O–H groups in total. The smallest absolute Gasteiger partial charge is 0.306 e. The first-order valence-corrected chi connectivity index (χ1v) is 15.7. The SMILES string of the molecule is CCCCC(=O)OCCSC(=O)[C@@]1(OC(=O)CC)[C@H](C)CC2C3C[C@H](F)C4=CC(=O)C=C[C@]4(C)[C@@]3(F)[C@@H](O)C[C@@]21C. The number of hydrogen-bond donors (Lipinski definition) is 1. The Morgan fingerprint density at radius 1 is 1.15 bits per heavy atom. The number of esters is 2. The highest BCUT2D eigenvalue weighted by Crippen LogP contribution is 2.72. The Balaban J connectivity index is 1.68. The number of rotatable bonds is 9. The molecule has 41 heavy (non-hydrogen) atoms. The highest BCUT2D eigenvalue weighted by Gasteiger charge is 2.78. The van der Waals surface area contributed by atoms with Crippen molar-refractivity contribution in [3.63, 3.8) is 0 Å². The van der Waals surface area contributed by atoms with Crippen LogP contribution in [-0.4, -0.2) is 63.8 Å². The Morgan fingerprint density at radius 3 is 2.51 bits per heavy atom. The molecule has 9 atom stereocenters. The van der Waals surface area contributed by atoms with Crippen LogP contribution in [0.3, 0.4) is 0 Å². The highest BCUT2D eigenvalue weighted by atomic mass is 32.2. The van der Waals surface area contributed by atoms with Gasteiger partial charge in [0, 0.05) is 41.3 Å². The predicted octanol–water partition coefficient (Wildman–Crippen LogP) is 5.24. The summed E-state index contributed by atoms with van der Waals surface area (Å²) in [5.41, 5.74) is -6.69. The number of alkyl halides is 2. The lowest BCUT2D eigenvalue weighted by atomic mass is 9.44. The van der Waals surface area contributed by atoms with Crippen LogP contribution in [0.2, 0.25) is 0 Å². The van der Waals surface area contributed by atoms with Gasteiger partial charge in [0.15, 0.2) is 17.1 Å². The molecule has 2 unspecified atom stereocenters. The number of unbranched alkanes of at least 4 members (excludes halogenated alkanes) is 1. The van der Waals surface area contributed by atoms with Gasteiger partial charge >= 0.3 is 11.9 Å². The van der Waals surface area contributed by atoms with Crippen LogP contribution in [0, 0.1) is 28.6 Å². The fourth-order valence-electron chi connectivity index (χ4n) is 8.26. The van der Waals surface area contributed by atoms with Crippen LogP contribution in [0.4, 0.5) is 8.78 Å². The normalized spacial score (nSPS) is 41.1. The molecule has 0 aromatic carbocycles. The molecule has 0 heterocycles. The molecule has 4 aliphatic carbocycles. The lowest BCUT2D eigenvalue weighted by molar-refractivity contribution is -0.228. The van der Waals surface area contributed by atoms with E-state index in [9.17, 15) is 24.3 Å². The van der Waals surface area contributed by atoms with Gasteiger partial charge in [-0.25, -0.2) is 8.78 Å². The second-order valence-electron chi connectivity index (χ2n) is 12.5. The van der Waals surface area contributed by atoms with Crippen molar-refractivity contribution in [2.75, 3.05) is 12.4 Å². The van der Waals surface area contributed by atoms with Gasteiger partial charge in [0.25, 0.3) is 0 Å². The molecule has 0 radical (unpaired) electrons. The molecule has 0 amide bonds. The Hall–Kier alpha value is -2.07. The minimum atomic E-state index is -2.30. The third kappa shape index (κ3) is 4.81. The largest absolute Gasteiger partial charge is 0.465 e. The molecule has 0 aromatic heterocycles. The van der Waals surface area contributed by atoms with E-state index in [0.717, 1.165) is 24.3 Å². The van der Waals surface area contributed by atoms with Crippen LogP contribution in [0.5, 0.6) is 0 Å².